The minimum atomic E-state index is -4.61. The molecule has 2 heterocycles. The fraction of sp³-hybridized carbons (Fsp3) is 0.500. The third-order valence-electron chi connectivity index (χ3n) is 3.73. The lowest BCUT2D eigenvalue weighted by Crippen LogP contribution is -2.27. The fourth-order valence-corrected chi connectivity index (χ4v) is 3.24. The van der Waals surface area contributed by atoms with Crippen molar-refractivity contribution in [1.82, 2.24) is 24.9 Å². The Balaban J connectivity index is 2.26. The molecule has 1 amide bonds. The highest BCUT2D eigenvalue weighted by Gasteiger charge is 2.39. The van der Waals surface area contributed by atoms with E-state index in [1.54, 1.807) is 17.8 Å². The first-order chi connectivity index (χ1) is 11.1. The predicted molar refractivity (Wildman–Crippen MR) is 84.4 cm³/mol. The molecule has 1 N–H and O–H groups in total. The van der Waals surface area contributed by atoms with E-state index in [9.17, 15) is 18.0 Å². The number of carbonyl (C=O) groups excluding carboxylic acids is 1. The average molecular weight is 408 g/mol. The Hall–Kier alpha value is -1.84. The van der Waals surface area contributed by atoms with Crippen LogP contribution in [0, 0.1) is 6.92 Å². The van der Waals surface area contributed by atoms with Crippen molar-refractivity contribution in [3.05, 3.63) is 33.3 Å². The molecule has 0 aliphatic heterocycles. The van der Waals surface area contributed by atoms with E-state index in [1.807, 2.05) is 13.8 Å². The van der Waals surface area contributed by atoms with E-state index in [0.717, 1.165) is 18.3 Å². The number of carbonyl (C=O) groups is 1. The lowest BCUT2D eigenvalue weighted by molar-refractivity contribution is -0.144. The summed E-state index contributed by atoms with van der Waals surface area (Å²) in [6, 6.07) is -0.416. The van der Waals surface area contributed by atoms with Gasteiger partial charge in [-0.15, -0.1) is 0 Å². The summed E-state index contributed by atoms with van der Waals surface area (Å²) in [5, 5.41) is 10.5. The summed E-state index contributed by atoms with van der Waals surface area (Å²) in [6.45, 7) is 6.24. The molecule has 2 rings (SSSR count). The second kappa shape index (κ2) is 6.58. The van der Waals surface area contributed by atoms with Crippen LogP contribution in [0.5, 0.6) is 0 Å². The molecule has 0 bridgehead atoms. The summed E-state index contributed by atoms with van der Waals surface area (Å²) in [4.78, 5) is 12.3. The van der Waals surface area contributed by atoms with Crippen LogP contribution in [0.25, 0.3) is 0 Å². The number of hydrogen-bond acceptors (Lipinski definition) is 3. The van der Waals surface area contributed by atoms with Gasteiger partial charge in [-0.3, -0.25) is 14.2 Å². The zero-order valence-corrected chi connectivity index (χ0v) is 15.2. The van der Waals surface area contributed by atoms with E-state index >= 15 is 0 Å². The maximum absolute atomic E-state index is 13.0. The van der Waals surface area contributed by atoms with Gasteiger partial charge in [0.2, 0.25) is 0 Å². The Bertz CT molecular complexity index is 765. The molecule has 10 heteroatoms. The van der Waals surface area contributed by atoms with E-state index in [-0.39, 0.29) is 10.2 Å². The Labute approximate surface area is 145 Å². The molecule has 0 radical (unpaired) electrons. The average Bonchev–Trinajstić information content (AvgIpc) is 2.97. The Morgan fingerprint density at radius 1 is 1.46 bits per heavy atom. The van der Waals surface area contributed by atoms with Crippen molar-refractivity contribution < 1.29 is 18.0 Å². The van der Waals surface area contributed by atoms with Gasteiger partial charge in [0.15, 0.2) is 11.4 Å². The van der Waals surface area contributed by atoms with Crippen LogP contribution in [0.3, 0.4) is 0 Å². The molecular formula is C14H17BrF3N5O. The first-order valence-corrected chi connectivity index (χ1v) is 8.00. The van der Waals surface area contributed by atoms with E-state index in [0.29, 0.717) is 11.2 Å². The third-order valence-corrected chi connectivity index (χ3v) is 4.48. The second-order valence-electron chi connectivity index (χ2n) is 5.33. The van der Waals surface area contributed by atoms with Crippen molar-refractivity contribution >= 4 is 21.8 Å². The van der Waals surface area contributed by atoms with E-state index in [4.69, 9.17) is 0 Å². The van der Waals surface area contributed by atoms with Gasteiger partial charge in [-0.05, 0) is 36.7 Å². The molecule has 2 aromatic heterocycles. The van der Waals surface area contributed by atoms with E-state index < -0.39 is 23.8 Å². The number of amides is 1. The summed E-state index contributed by atoms with van der Waals surface area (Å²) in [6.07, 6.45) is -2.97. The first kappa shape index (κ1) is 18.5. The summed E-state index contributed by atoms with van der Waals surface area (Å²) in [5.74, 6) is -0.691. The van der Waals surface area contributed by atoms with Crippen LogP contribution < -0.4 is 5.32 Å². The number of halogens is 4. The molecule has 2 aromatic rings. The number of nitrogens with zero attached hydrogens (tertiary/aromatic N) is 4. The lowest BCUT2D eigenvalue weighted by Gasteiger charge is -2.13. The fourth-order valence-electron chi connectivity index (χ4n) is 2.50. The number of hydrogen-bond donors (Lipinski definition) is 1. The maximum Gasteiger partial charge on any atom is 0.434 e. The maximum atomic E-state index is 13.0. The quantitative estimate of drug-likeness (QED) is 0.845. The molecule has 1 atom stereocenters. The van der Waals surface area contributed by atoms with Gasteiger partial charge in [0.1, 0.15) is 0 Å². The van der Waals surface area contributed by atoms with Crippen LogP contribution in [0.1, 0.15) is 47.3 Å². The molecule has 0 saturated heterocycles. The zero-order chi connectivity index (χ0) is 18.2. The molecule has 6 nitrogen and oxygen atoms in total. The number of rotatable bonds is 4. The topological polar surface area (TPSA) is 64.7 Å². The van der Waals surface area contributed by atoms with E-state index in [1.165, 1.54) is 0 Å². The molecule has 0 aromatic carbocycles. The van der Waals surface area contributed by atoms with Gasteiger partial charge in [-0.2, -0.15) is 23.4 Å². The summed E-state index contributed by atoms with van der Waals surface area (Å²) in [7, 11) is 1.14. The Kier molecular flexibility index (Phi) is 5.07. The van der Waals surface area contributed by atoms with Crippen LogP contribution >= 0.6 is 15.9 Å². The Morgan fingerprint density at radius 2 is 2.08 bits per heavy atom. The molecule has 0 aliphatic rings. The molecular weight excluding hydrogens is 391 g/mol. The summed E-state index contributed by atoms with van der Waals surface area (Å²) < 4.78 is 41.0. The van der Waals surface area contributed by atoms with Gasteiger partial charge in [-0.1, -0.05) is 0 Å². The standard InChI is InChI=1S/C14H17BrF3N5O/c1-5-23-8(3)9(6-19-23)7(2)20-13(24)11-10(15)12(14(16,17)18)22(4)21-11/h6-7H,5H2,1-4H3,(H,20,24). The zero-order valence-electron chi connectivity index (χ0n) is 13.6. The smallest absolute Gasteiger partial charge is 0.344 e. The van der Waals surface area contributed by atoms with Crippen molar-refractivity contribution in [2.45, 2.75) is 39.5 Å². The van der Waals surface area contributed by atoms with Crippen LogP contribution in [0.2, 0.25) is 0 Å². The molecule has 0 fully saturated rings. The minimum Gasteiger partial charge on any atom is -0.344 e. The second-order valence-corrected chi connectivity index (χ2v) is 6.12. The molecule has 0 spiro atoms. The molecule has 24 heavy (non-hydrogen) atoms. The third kappa shape index (κ3) is 3.33. The van der Waals surface area contributed by atoms with Crippen molar-refractivity contribution in [3.8, 4) is 0 Å². The highest BCUT2D eigenvalue weighted by Crippen LogP contribution is 2.36. The molecule has 0 aliphatic carbocycles. The van der Waals surface area contributed by atoms with Gasteiger partial charge in [0.25, 0.3) is 5.91 Å². The highest BCUT2D eigenvalue weighted by atomic mass is 79.9. The van der Waals surface area contributed by atoms with Crippen LogP contribution in [-0.4, -0.2) is 25.5 Å². The van der Waals surface area contributed by atoms with Crippen LogP contribution in [0.4, 0.5) is 13.2 Å². The summed E-state index contributed by atoms with van der Waals surface area (Å²) >= 11 is 2.83. The largest absolute Gasteiger partial charge is 0.434 e. The van der Waals surface area contributed by atoms with Crippen molar-refractivity contribution in [2.75, 3.05) is 0 Å². The van der Waals surface area contributed by atoms with Crippen LogP contribution in [-0.2, 0) is 19.8 Å². The predicted octanol–water partition coefficient (Wildman–Crippen LogP) is 3.22. The minimum absolute atomic E-state index is 0.308. The normalized spacial score (nSPS) is 13.2. The monoisotopic (exact) mass is 407 g/mol. The number of alkyl halides is 3. The van der Waals surface area contributed by atoms with Crippen molar-refractivity contribution in [2.24, 2.45) is 7.05 Å². The summed E-state index contributed by atoms with van der Waals surface area (Å²) in [5.41, 5.74) is 0.377. The molecule has 1 unspecified atom stereocenters. The van der Waals surface area contributed by atoms with Gasteiger partial charge >= 0.3 is 6.18 Å². The van der Waals surface area contributed by atoms with Gasteiger partial charge in [0.05, 0.1) is 16.7 Å². The highest BCUT2D eigenvalue weighted by molar-refractivity contribution is 9.10. The van der Waals surface area contributed by atoms with Gasteiger partial charge in [0, 0.05) is 24.8 Å². The van der Waals surface area contributed by atoms with Gasteiger partial charge < -0.3 is 5.32 Å². The number of nitrogens with one attached hydrogen (secondary N) is 1. The number of aromatic nitrogens is 4. The SMILES string of the molecule is CCn1ncc(C(C)NC(=O)c2nn(C)c(C(F)(F)F)c2Br)c1C. The molecule has 132 valence electrons. The van der Waals surface area contributed by atoms with Crippen molar-refractivity contribution in [3.63, 3.8) is 0 Å². The van der Waals surface area contributed by atoms with E-state index in [2.05, 4.69) is 31.4 Å². The van der Waals surface area contributed by atoms with Gasteiger partial charge in [-0.25, -0.2) is 0 Å². The Morgan fingerprint density at radius 3 is 2.54 bits per heavy atom. The number of aryl methyl sites for hydroxylation is 2. The lowest BCUT2D eigenvalue weighted by atomic mass is 10.1. The van der Waals surface area contributed by atoms with Crippen LogP contribution in [0.15, 0.2) is 10.7 Å². The first-order valence-electron chi connectivity index (χ1n) is 7.20. The molecule has 0 saturated carbocycles. The van der Waals surface area contributed by atoms with Crippen molar-refractivity contribution in [1.29, 1.82) is 0 Å².